The lowest BCUT2D eigenvalue weighted by molar-refractivity contribution is 0.414. The average Bonchev–Trinajstić information content (AvgIpc) is 2.96. The van der Waals surface area contributed by atoms with Gasteiger partial charge in [-0.2, -0.15) is 0 Å². The molecule has 2 aromatic rings. The molecule has 0 fully saturated rings. The van der Waals surface area contributed by atoms with Crippen molar-refractivity contribution in [2.75, 3.05) is 0 Å². The first-order valence-corrected chi connectivity index (χ1v) is 18.2. The molecule has 0 atom stereocenters. The van der Waals surface area contributed by atoms with Crippen molar-refractivity contribution in [2.24, 2.45) is 0 Å². The maximum absolute atomic E-state index is 4.08. The summed E-state index contributed by atoms with van der Waals surface area (Å²) in [5.74, 6) is 0. The van der Waals surface area contributed by atoms with Gasteiger partial charge in [-0.15, -0.1) is 0 Å². The Morgan fingerprint density at radius 2 is 0.933 bits per heavy atom. The molecule has 1 aliphatic rings. The Morgan fingerprint density at radius 1 is 0.600 bits per heavy atom. The molecule has 160 valence electrons. The second kappa shape index (κ2) is 8.10. The Balaban J connectivity index is 2.45. The van der Waals surface area contributed by atoms with E-state index < -0.39 is 16.1 Å². The van der Waals surface area contributed by atoms with Gasteiger partial charge in [-0.1, -0.05) is 110 Å². The maximum atomic E-state index is 4.08. The fourth-order valence-electron chi connectivity index (χ4n) is 4.71. The molecule has 0 unspecified atom stereocenters. The highest BCUT2D eigenvalue weighted by atomic mass is 28.3. The van der Waals surface area contributed by atoms with Crippen molar-refractivity contribution in [3.05, 3.63) is 82.2 Å². The van der Waals surface area contributed by atoms with Crippen molar-refractivity contribution in [1.82, 2.24) is 5.32 Å². The van der Waals surface area contributed by atoms with Gasteiger partial charge in [-0.3, -0.25) is 0 Å². The second-order valence-corrected chi connectivity index (χ2v) is 21.7. The summed E-state index contributed by atoms with van der Waals surface area (Å²) in [7, 11) is -3.26. The molecule has 0 radical (unpaired) electrons. The van der Waals surface area contributed by atoms with Crippen molar-refractivity contribution >= 4 is 27.3 Å². The van der Waals surface area contributed by atoms with Crippen LogP contribution in [-0.2, 0) is 0 Å². The number of benzene rings is 2. The van der Waals surface area contributed by atoms with E-state index in [0.29, 0.717) is 6.04 Å². The highest BCUT2D eigenvalue weighted by Gasteiger charge is 2.45. The molecule has 3 rings (SSSR count). The number of allylic oxidation sites excluding steroid dienone is 2. The Bertz CT molecular complexity index is 876. The quantitative estimate of drug-likeness (QED) is 0.484. The molecule has 0 bridgehead atoms. The van der Waals surface area contributed by atoms with Crippen molar-refractivity contribution in [3.63, 3.8) is 0 Å². The molecular weight excluding hydrogens is 394 g/mol. The second-order valence-electron chi connectivity index (χ2n) is 11.6. The molecule has 0 aliphatic heterocycles. The predicted molar refractivity (Wildman–Crippen MR) is 140 cm³/mol. The molecule has 1 N–H and O–H groups in total. The SMILES string of the molecule is CC(C)(C)NC1C([Si](C)(C)C)=C(c2ccccc2)C(c2ccccc2)=C1[Si](C)(C)C. The first-order valence-electron chi connectivity index (χ1n) is 11.2. The molecule has 0 aromatic heterocycles. The summed E-state index contributed by atoms with van der Waals surface area (Å²) in [5, 5.41) is 7.42. The van der Waals surface area contributed by atoms with E-state index in [4.69, 9.17) is 0 Å². The van der Waals surface area contributed by atoms with Crippen LogP contribution in [0.2, 0.25) is 39.3 Å². The minimum absolute atomic E-state index is 0.0500. The zero-order valence-corrected chi connectivity index (χ0v) is 22.4. The van der Waals surface area contributed by atoms with Crippen LogP contribution < -0.4 is 5.32 Å². The fourth-order valence-corrected chi connectivity index (χ4v) is 9.05. The summed E-state index contributed by atoms with van der Waals surface area (Å²) in [4.78, 5) is 0. The van der Waals surface area contributed by atoms with Gasteiger partial charge in [0.05, 0.1) is 16.1 Å². The molecule has 0 amide bonds. The van der Waals surface area contributed by atoms with E-state index in [1.54, 1.807) is 10.4 Å². The average molecular weight is 434 g/mol. The van der Waals surface area contributed by atoms with Gasteiger partial charge < -0.3 is 5.32 Å². The lowest BCUT2D eigenvalue weighted by Gasteiger charge is -2.38. The van der Waals surface area contributed by atoms with Gasteiger partial charge in [0.1, 0.15) is 0 Å². The predicted octanol–water partition coefficient (Wildman–Crippen LogP) is 7.42. The van der Waals surface area contributed by atoms with Crippen molar-refractivity contribution in [1.29, 1.82) is 0 Å². The molecule has 2 aromatic carbocycles. The van der Waals surface area contributed by atoms with Crippen molar-refractivity contribution in [2.45, 2.75) is 71.6 Å². The van der Waals surface area contributed by atoms with E-state index in [9.17, 15) is 0 Å². The van der Waals surface area contributed by atoms with Gasteiger partial charge in [-0.25, -0.2) is 0 Å². The number of hydrogen-bond acceptors (Lipinski definition) is 1. The monoisotopic (exact) mass is 433 g/mol. The van der Waals surface area contributed by atoms with Gasteiger partial charge in [0.2, 0.25) is 0 Å². The largest absolute Gasteiger partial charge is 0.303 e. The topological polar surface area (TPSA) is 12.0 Å². The molecule has 0 saturated heterocycles. The Hall–Kier alpha value is -1.69. The van der Waals surface area contributed by atoms with Gasteiger partial charge >= 0.3 is 0 Å². The Kier molecular flexibility index (Phi) is 6.21. The van der Waals surface area contributed by atoms with E-state index in [1.165, 1.54) is 22.3 Å². The van der Waals surface area contributed by atoms with Crippen LogP contribution in [0.4, 0.5) is 0 Å². The van der Waals surface area contributed by atoms with Gasteiger partial charge in [0, 0.05) is 11.6 Å². The molecule has 0 spiro atoms. The molecule has 0 saturated carbocycles. The Morgan fingerprint density at radius 3 is 1.20 bits per heavy atom. The summed E-state index contributed by atoms with van der Waals surface area (Å²) < 4.78 is 0. The highest BCUT2D eigenvalue weighted by Crippen LogP contribution is 2.50. The van der Waals surface area contributed by atoms with Crippen LogP contribution in [0.5, 0.6) is 0 Å². The van der Waals surface area contributed by atoms with Crippen LogP contribution in [0.1, 0.15) is 31.9 Å². The molecule has 1 aliphatic carbocycles. The van der Waals surface area contributed by atoms with Crippen molar-refractivity contribution in [3.8, 4) is 0 Å². The highest BCUT2D eigenvalue weighted by molar-refractivity contribution is 6.89. The minimum Gasteiger partial charge on any atom is -0.303 e. The van der Waals surface area contributed by atoms with Crippen LogP contribution in [-0.4, -0.2) is 27.7 Å². The molecule has 3 heteroatoms. The van der Waals surface area contributed by atoms with Gasteiger partial charge in [-0.05, 0) is 43.0 Å². The lowest BCUT2D eigenvalue weighted by Crippen LogP contribution is -2.52. The number of nitrogens with one attached hydrogen (secondary N) is 1. The molecule has 0 heterocycles. The smallest absolute Gasteiger partial charge is 0.0757 e. The van der Waals surface area contributed by atoms with E-state index >= 15 is 0 Å². The van der Waals surface area contributed by atoms with Crippen LogP contribution in [0.25, 0.3) is 11.1 Å². The molecule has 30 heavy (non-hydrogen) atoms. The van der Waals surface area contributed by atoms with E-state index in [1.807, 2.05) is 0 Å². The standard InChI is InChI=1S/C27H39NSi2/c1-27(2,3)28-24-25(29(4,5)6)22(20-16-12-10-13-17-20)23(26(24)30(7,8)9)21-18-14-11-15-19-21/h10-19,24,28H,1-9H3. The zero-order valence-electron chi connectivity index (χ0n) is 20.4. The molecule has 1 nitrogen and oxygen atoms in total. The van der Waals surface area contributed by atoms with Gasteiger partial charge in [0.15, 0.2) is 0 Å². The van der Waals surface area contributed by atoms with Crippen LogP contribution >= 0.6 is 0 Å². The maximum Gasteiger partial charge on any atom is 0.0757 e. The van der Waals surface area contributed by atoms with Crippen LogP contribution in [0.3, 0.4) is 0 Å². The molecular formula is C27H39NSi2. The summed E-state index contributed by atoms with van der Waals surface area (Å²) >= 11 is 0. The zero-order chi connectivity index (χ0) is 22.3. The fraction of sp³-hybridized carbons (Fsp3) is 0.407. The van der Waals surface area contributed by atoms with Crippen LogP contribution in [0, 0.1) is 0 Å². The lowest BCUT2D eigenvalue weighted by atomic mass is 9.95. The first-order chi connectivity index (χ1) is 13.8. The Labute approximate surface area is 186 Å². The number of hydrogen-bond donors (Lipinski definition) is 1. The summed E-state index contributed by atoms with van der Waals surface area (Å²) in [6.45, 7) is 22.0. The van der Waals surface area contributed by atoms with E-state index in [-0.39, 0.29) is 5.54 Å². The van der Waals surface area contributed by atoms with E-state index in [0.717, 1.165) is 0 Å². The van der Waals surface area contributed by atoms with Gasteiger partial charge in [0.25, 0.3) is 0 Å². The number of rotatable bonds is 5. The first kappa shape index (κ1) is 23.0. The third kappa shape index (κ3) is 4.79. The minimum atomic E-state index is -1.63. The van der Waals surface area contributed by atoms with Crippen LogP contribution in [0.15, 0.2) is 71.1 Å². The third-order valence-corrected chi connectivity index (χ3v) is 9.99. The normalized spacial score (nSPS) is 16.6. The summed E-state index contributed by atoms with van der Waals surface area (Å²) in [5.41, 5.74) is 5.78. The summed E-state index contributed by atoms with van der Waals surface area (Å²) in [6.07, 6.45) is 0. The summed E-state index contributed by atoms with van der Waals surface area (Å²) in [6, 6.07) is 22.5. The van der Waals surface area contributed by atoms with E-state index in [2.05, 4.69) is 126 Å². The van der Waals surface area contributed by atoms with Crippen molar-refractivity contribution < 1.29 is 0 Å². The third-order valence-electron chi connectivity index (χ3n) is 5.68.